The predicted molar refractivity (Wildman–Crippen MR) is 128 cm³/mol. The van der Waals surface area contributed by atoms with Crippen molar-refractivity contribution < 1.29 is 9.59 Å². The molecule has 32 heavy (non-hydrogen) atoms. The van der Waals surface area contributed by atoms with Gasteiger partial charge in [-0.1, -0.05) is 23.7 Å². The van der Waals surface area contributed by atoms with Crippen LogP contribution in [0, 0.1) is 0 Å². The molecule has 2 amide bonds. The maximum Gasteiger partial charge on any atom is 0.263 e. The van der Waals surface area contributed by atoms with E-state index in [-0.39, 0.29) is 17.4 Å². The van der Waals surface area contributed by atoms with Crippen molar-refractivity contribution in [3.05, 3.63) is 75.6 Å². The quantitative estimate of drug-likeness (QED) is 0.435. The minimum absolute atomic E-state index is 0.177. The molecule has 7 nitrogen and oxygen atoms in total. The van der Waals surface area contributed by atoms with E-state index in [4.69, 9.17) is 11.6 Å². The third-order valence-corrected chi connectivity index (χ3v) is 6.08. The first-order valence-corrected chi connectivity index (χ1v) is 11.0. The van der Waals surface area contributed by atoms with Crippen LogP contribution in [-0.2, 0) is 9.59 Å². The second kappa shape index (κ2) is 8.94. The molecular weight excluding hydrogens is 448 g/mol. The van der Waals surface area contributed by atoms with Gasteiger partial charge >= 0.3 is 0 Å². The van der Waals surface area contributed by atoms with E-state index in [0.717, 1.165) is 11.1 Å². The lowest BCUT2D eigenvalue weighted by atomic mass is 10.1. The maximum absolute atomic E-state index is 13.3. The van der Waals surface area contributed by atoms with Crippen LogP contribution in [0.1, 0.15) is 19.9 Å². The van der Waals surface area contributed by atoms with Crippen LogP contribution in [0.25, 0.3) is 21.3 Å². The zero-order chi connectivity index (χ0) is 22.8. The molecule has 9 heteroatoms. The van der Waals surface area contributed by atoms with Crippen LogP contribution in [-0.4, -0.2) is 21.4 Å². The van der Waals surface area contributed by atoms with Crippen molar-refractivity contribution in [1.82, 2.24) is 9.55 Å². The summed E-state index contributed by atoms with van der Waals surface area (Å²) in [5.74, 6) is -0.534. The van der Waals surface area contributed by atoms with Crippen molar-refractivity contribution in [2.75, 3.05) is 10.6 Å². The van der Waals surface area contributed by atoms with Crippen molar-refractivity contribution in [3.63, 3.8) is 0 Å². The molecule has 0 radical (unpaired) electrons. The molecule has 0 aliphatic carbocycles. The lowest BCUT2D eigenvalue weighted by Gasteiger charge is -2.15. The molecule has 2 aromatic heterocycles. The molecule has 2 N–H and O–H groups in total. The molecule has 0 spiro atoms. The zero-order valence-corrected chi connectivity index (χ0v) is 18.8. The molecule has 1 unspecified atom stereocenters. The van der Waals surface area contributed by atoms with Crippen LogP contribution in [0.4, 0.5) is 11.4 Å². The first-order valence-electron chi connectivity index (χ1n) is 9.76. The maximum atomic E-state index is 13.3. The van der Waals surface area contributed by atoms with E-state index in [1.807, 2.05) is 17.5 Å². The standard InChI is InChI=1S/C23H19ClN4O3S/c1-13(21(30)27-18-9-7-17(8-10-18)26-14(2)29)28-12-25-22-20(23(28)31)19(11-32-22)15-3-5-16(24)6-4-15/h3-13H,1-2H3,(H,26,29)(H,27,30). The van der Waals surface area contributed by atoms with Crippen LogP contribution in [0.3, 0.4) is 0 Å². The van der Waals surface area contributed by atoms with Gasteiger partial charge in [-0.3, -0.25) is 19.0 Å². The second-order valence-electron chi connectivity index (χ2n) is 7.22. The van der Waals surface area contributed by atoms with Crippen LogP contribution in [0.5, 0.6) is 0 Å². The number of amides is 2. The molecular formula is C23H19ClN4O3S. The average Bonchev–Trinajstić information content (AvgIpc) is 3.20. The van der Waals surface area contributed by atoms with Gasteiger partial charge in [0.1, 0.15) is 10.9 Å². The first kappa shape index (κ1) is 21.7. The van der Waals surface area contributed by atoms with Gasteiger partial charge in [-0.05, 0) is 48.9 Å². The third kappa shape index (κ3) is 4.42. The summed E-state index contributed by atoms with van der Waals surface area (Å²) < 4.78 is 1.33. The third-order valence-electron chi connectivity index (χ3n) is 4.94. The summed E-state index contributed by atoms with van der Waals surface area (Å²) in [4.78, 5) is 42.2. The Kier molecular flexibility index (Phi) is 6.07. The Bertz CT molecular complexity index is 1360. The van der Waals surface area contributed by atoms with E-state index in [1.54, 1.807) is 43.3 Å². The topological polar surface area (TPSA) is 93.1 Å². The Morgan fingerprint density at radius 2 is 1.66 bits per heavy atom. The van der Waals surface area contributed by atoms with Crippen molar-refractivity contribution in [2.24, 2.45) is 0 Å². The van der Waals surface area contributed by atoms with Gasteiger partial charge in [0.2, 0.25) is 11.8 Å². The van der Waals surface area contributed by atoms with E-state index < -0.39 is 6.04 Å². The molecule has 0 aliphatic rings. The highest BCUT2D eigenvalue weighted by Crippen LogP contribution is 2.31. The number of carbonyl (C=O) groups excluding carboxylic acids is 2. The normalized spacial score (nSPS) is 11.8. The van der Waals surface area contributed by atoms with Crippen LogP contribution >= 0.6 is 22.9 Å². The molecule has 162 valence electrons. The van der Waals surface area contributed by atoms with Gasteiger partial charge in [-0.25, -0.2) is 4.98 Å². The lowest BCUT2D eigenvalue weighted by molar-refractivity contribution is -0.119. The van der Waals surface area contributed by atoms with E-state index in [1.165, 1.54) is 29.2 Å². The van der Waals surface area contributed by atoms with Crippen LogP contribution in [0.15, 0.2) is 65.0 Å². The number of fused-ring (bicyclic) bond motifs is 1. The molecule has 2 aromatic carbocycles. The van der Waals surface area contributed by atoms with Gasteiger partial charge in [0.15, 0.2) is 0 Å². The summed E-state index contributed by atoms with van der Waals surface area (Å²) >= 11 is 7.36. The molecule has 4 aromatic rings. The van der Waals surface area contributed by atoms with Gasteiger partial charge in [-0.15, -0.1) is 11.3 Å². The summed E-state index contributed by atoms with van der Waals surface area (Å²) in [7, 11) is 0. The van der Waals surface area contributed by atoms with E-state index >= 15 is 0 Å². The van der Waals surface area contributed by atoms with Crippen LogP contribution in [0.2, 0.25) is 5.02 Å². The first-order chi connectivity index (χ1) is 15.3. The smallest absolute Gasteiger partial charge is 0.263 e. The molecule has 0 aliphatic heterocycles. The number of anilines is 2. The molecule has 0 saturated carbocycles. The number of hydrogen-bond donors (Lipinski definition) is 2. The number of benzene rings is 2. The van der Waals surface area contributed by atoms with E-state index in [0.29, 0.717) is 26.6 Å². The SMILES string of the molecule is CC(=O)Nc1ccc(NC(=O)C(C)n2cnc3scc(-c4ccc(Cl)cc4)c3c2=O)cc1. The zero-order valence-electron chi connectivity index (χ0n) is 17.3. The molecule has 1 atom stereocenters. The highest BCUT2D eigenvalue weighted by atomic mass is 35.5. The summed E-state index contributed by atoms with van der Waals surface area (Å²) in [5.41, 5.74) is 2.50. The lowest BCUT2D eigenvalue weighted by Crippen LogP contribution is -2.31. The summed E-state index contributed by atoms with van der Waals surface area (Å²) in [6, 6.07) is 13.2. The Labute approximate surface area is 192 Å². The van der Waals surface area contributed by atoms with Gasteiger partial charge in [0.25, 0.3) is 5.56 Å². The number of hydrogen-bond acceptors (Lipinski definition) is 5. The number of thiophene rings is 1. The van der Waals surface area contributed by atoms with Gasteiger partial charge in [0.05, 0.1) is 11.7 Å². The Morgan fingerprint density at radius 3 is 2.28 bits per heavy atom. The number of nitrogens with one attached hydrogen (secondary N) is 2. The Morgan fingerprint density at radius 1 is 1.03 bits per heavy atom. The van der Waals surface area contributed by atoms with Crippen LogP contribution < -0.4 is 16.2 Å². The van der Waals surface area contributed by atoms with Crippen molar-refractivity contribution in [3.8, 4) is 11.1 Å². The highest BCUT2D eigenvalue weighted by Gasteiger charge is 2.20. The molecule has 0 saturated heterocycles. The summed E-state index contributed by atoms with van der Waals surface area (Å²) in [6.45, 7) is 3.07. The van der Waals surface area contributed by atoms with Crippen molar-refractivity contribution in [1.29, 1.82) is 0 Å². The fourth-order valence-electron chi connectivity index (χ4n) is 3.28. The van der Waals surface area contributed by atoms with Crippen molar-refractivity contribution in [2.45, 2.75) is 19.9 Å². The number of halogens is 1. The predicted octanol–water partition coefficient (Wildman–Crippen LogP) is 4.94. The van der Waals surface area contributed by atoms with Gasteiger partial charge in [0, 0.05) is 34.3 Å². The number of carbonyl (C=O) groups is 2. The molecule has 2 heterocycles. The fourth-order valence-corrected chi connectivity index (χ4v) is 4.31. The fraction of sp³-hybridized carbons (Fsp3) is 0.130. The summed E-state index contributed by atoms with van der Waals surface area (Å²) in [6.07, 6.45) is 1.40. The average molecular weight is 467 g/mol. The highest BCUT2D eigenvalue weighted by molar-refractivity contribution is 7.17. The van der Waals surface area contributed by atoms with Gasteiger partial charge < -0.3 is 10.6 Å². The van der Waals surface area contributed by atoms with E-state index in [2.05, 4.69) is 15.6 Å². The Hall–Kier alpha value is -3.49. The minimum atomic E-state index is -0.785. The number of rotatable bonds is 5. The minimum Gasteiger partial charge on any atom is -0.326 e. The van der Waals surface area contributed by atoms with E-state index in [9.17, 15) is 14.4 Å². The molecule has 0 bridgehead atoms. The van der Waals surface area contributed by atoms with Gasteiger partial charge in [-0.2, -0.15) is 0 Å². The second-order valence-corrected chi connectivity index (χ2v) is 8.51. The molecule has 0 fully saturated rings. The number of aromatic nitrogens is 2. The largest absolute Gasteiger partial charge is 0.326 e. The number of nitrogens with zero attached hydrogens (tertiary/aromatic N) is 2. The monoisotopic (exact) mass is 466 g/mol. The summed E-state index contributed by atoms with van der Waals surface area (Å²) in [5, 5.41) is 8.42. The van der Waals surface area contributed by atoms with Crippen molar-refractivity contribution >= 4 is 56.3 Å². The molecule has 4 rings (SSSR count). The Balaban J connectivity index is 1.61.